The summed E-state index contributed by atoms with van der Waals surface area (Å²) < 4.78 is 11.4. The molecule has 0 aromatic heterocycles. The van der Waals surface area contributed by atoms with E-state index in [1.54, 1.807) is 13.2 Å². The van der Waals surface area contributed by atoms with E-state index in [9.17, 15) is 5.26 Å². The molecule has 3 nitrogen and oxygen atoms in total. The Kier molecular flexibility index (Phi) is 6.23. The van der Waals surface area contributed by atoms with Gasteiger partial charge >= 0.3 is 0 Å². The molecule has 0 spiro atoms. The first-order valence-corrected chi connectivity index (χ1v) is 9.58. The first-order valence-electron chi connectivity index (χ1n) is 9.20. The van der Waals surface area contributed by atoms with Crippen LogP contribution in [0.1, 0.15) is 31.4 Å². The number of ether oxygens (including phenoxy) is 2. The highest BCUT2D eigenvalue weighted by molar-refractivity contribution is 6.32. The third kappa shape index (κ3) is 4.30. The molecule has 0 aliphatic rings. The standard InChI is InChI=1S/C24H22ClNO2/c1-4-16(2)28-24-22(25)12-17(13-23(24)27-3)11-21(15-26)20-10-9-18-7-5-6-8-19(18)14-20/h5-14,16H,4H2,1-3H3/b21-11-/t16-/m1/s1. The van der Waals surface area contributed by atoms with Crippen LogP contribution < -0.4 is 9.47 Å². The molecule has 3 rings (SSSR count). The van der Waals surface area contributed by atoms with Crippen LogP contribution in [0.5, 0.6) is 11.5 Å². The van der Waals surface area contributed by atoms with E-state index in [2.05, 4.69) is 12.1 Å². The molecule has 28 heavy (non-hydrogen) atoms. The highest BCUT2D eigenvalue weighted by Crippen LogP contribution is 2.38. The SMILES string of the molecule is CC[C@@H](C)Oc1c(Cl)cc(/C=C(/C#N)c2ccc3ccccc3c2)cc1OC. The number of fused-ring (bicyclic) bond motifs is 1. The number of methoxy groups -OCH3 is 1. The summed E-state index contributed by atoms with van der Waals surface area (Å²) >= 11 is 6.45. The molecular weight excluding hydrogens is 370 g/mol. The maximum absolute atomic E-state index is 9.71. The quantitative estimate of drug-likeness (QED) is 0.345. The van der Waals surface area contributed by atoms with Crippen LogP contribution in [0.15, 0.2) is 54.6 Å². The van der Waals surface area contributed by atoms with Gasteiger partial charge in [-0.3, -0.25) is 0 Å². The van der Waals surface area contributed by atoms with Gasteiger partial charge in [0.05, 0.1) is 29.9 Å². The zero-order valence-electron chi connectivity index (χ0n) is 16.2. The second-order valence-corrected chi connectivity index (χ2v) is 7.01. The van der Waals surface area contributed by atoms with Crippen LogP contribution in [0.3, 0.4) is 0 Å². The van der Waals surface area contributed by atoms with Crippen LogP contribution in [-0.4, -0.2) is 13.2 Å². The van der Waals surface area contributed by atoms with Gasteiger partial charge in [0, 0.05) is 0 Å². The third-order valence-electron chi connectivity index (χ3n) is 4.64. The summed E-state index contributed by atoms with van der Waals surface area (Å²) in [5.74, 6) is 1.08. The molecule has 0 radical (unpaired) electrons. The number of nitriles is 1. The first kappa shape index (κ1) is 19.8. The molecule has 1 atom stereocenters. The van der Waals surface area contributed by atoms with E-state index in [0.29, 0.717) is 22.1 Å². The van der Waals surface area contributed by atoms with E-state index < -0.39 is 0 Å². The summed E-state index contributed by atoms with van der Waals surface area (Å²) in [6.07, 6.45) is 2.70. The molecule has 0 amide bonds. The Labute approximate surface area is 170 Å². The smallest absolute Gasteiger partial charge is 0.180 e. The van der Waals surface area contributed by atoms with Gasteiger partial charge in [0.1, 0.15) is 0 Å². The van der Waals surface area contributed by atoms with Crippen molar-refractivity contribution < 1.29 is 9.47 Å². The minimum atomic E-state index is 0.0278. The summed E-state index contributed by atoms with van der Waals surface area (Å²) in [6, 6.07) is 20.0. The fourth-order valence-electron chi connectivity index (χ4n) is 2.93. The highest BCUT2D eigenvalue weighted by atomic mass is 35.5. The van der Waals surface area contributed by atoms with Crippen molar-refractivity contribution in [2.45, 2.75) is 26.4 Å². The lowest BCUT2D eigenvalue weighted by Crippen LogP contribution is -2.11. The molecule has 0 aliphatic heterocycles. The molecule has 142 valence electrons. The second kappa shape index (κ2) is 8.82. The van der Waals surface area contributed by atoms with E-state index in [1.807, 2.05) is 62.4 Å². The van der Waals surface area contributed by atoms with Gasteiger partial charge in [-0.2, -0.15) is 5.26 Å². The zero-order valence-corrected chi connectivity index (χ0v) is 17.0. The van der Waals surface area contributed by atoms with Crippen LogP contribution in [-0.2, 0) is 0 Å². The van der Waals surface area contributed by atoms with Gasteiger partial charge < -0.3 is 9.47 Å². The van der Waals surface area contributed by atoms with Gasteiger partial charge in [0.2, 0.25) is 0 Å². The van der Waals surface area contributed by atoms with E-state index in [0.717, 1.165) is 28.3 Å². The van der Waals surface area contributed by atoms with Crippen molar-refractivity contribution in [3.05, 3.63) is 70.7 Å². The number of hydrogen-bond donors (Lipinski definition) is 0. The monoisotopic (exact) mass is 391 g/mol. The fraction of sp³-hybridized carbons (Fsp3) is 0.208. The Morgan fingerprint density at radius 2 is 1.89 bits per heavy atom. The van der Waals surface area contributed by atoms with Crippen molar-refractivity contribution in [3.8, 4) is 17.6 Å². The summed E-state index contributed by atoms with van der Waals surface area (Å²) in [5, 5.41) is 12.4. The minimum absolute atomic E-state index is 0.0278. The van der Waals surface area contributed by atoms with Crippen molar-refractivity contribution in [1.82, 2.24) is 0 Å². The van der Waals surface area contributed by atoms with Gasteiger partial charge in [0.15, 0.2) is 11.5 Å². The van der Waals surface area contributed by atoms with Gasteiger partial charge in [0.25, 0.3) is 0 Å². The van der Waals surface area contributed by atoms with Crippen molar-refractivity contribution >= 4 is 34.0 Å². The minimum Gasteiger partial charge on any atom is -0.493 e. The van der Waals surface area contributed by atoms with E-state index in [1.165, 1.54) is 0 Å². The second-order valence-electron chi connectivity index (χ2n) is 6.60. The van der Waals surface area contributed by atoms with E-state index in [4.69, 9.17) is 21.1 Å². The Morgan fingerprint density at radius 1 is 1.14 bits per heavy atom. The van der Waals surface area contributed by atoms with Gasteiger partial charge in [-0.25, -0.2) is 0 Å². The molecule has 0 heterocycles. The fourth-order valence-corrected chi connectivity index (χ4v) is 3.19. The summed E-state index contributed by atoms with van der Waals surface area (Å²) in [6.45, 7) is 4.03. The zero-order chi connectivity index (χ0) is 20.1. The molecular formula is C24H22ClNO2. The number of benzene rings is 3. The van der Waals surface area contributed by atoms with E-state index in [-0.39, 0.29) is 6.10 Å². The van der Waals surface area contributed by atoms with Gasteiger partial charge in [-0.1, -0.05) is 54.9 Å². The first-order chi connectivity index (χ1) is 13.5. The van der Waals surface area contributed by atoms with Crippen molar-refractivity contribution in [3.63, 3.8) is 0 Å². The van der Waals surface area contributed by atoms with Crippen LogP contribution in [0, 0.1) is 11.3 Å². The largest absolute Gasteiger partial charge is 0.493 e. The van der Waals surface area contributed by atoms with Crippen LogP contribution in [0.2, 0.25) is 5.02 Å². The Bertz CT molecular complexity index is 1070. The Balaban J connectivity index is 2.02. The van der Waals surface area contributed by atoms with Gasteiger partial charge in [-0.15, -0.1) is 0 Å². The van der Waals surface area contributed by atoms with Crippen molar-refractivity contribution in [1.29, 1.82) is 5.26 Å². The maximum atomic E-state index is 9.71. The average Bonchev–Trinajstić information content (AvgIpc) is 2.73. The molecule has 4 heteroatoms. The van der Waals surface area contributed by atoms with Gasteiger partial charge in [-0.05, 0) is 59.5 Å². The molecule has 0 N–H and O–H groups in total. The molecule has 0 unspecified atom stereocenters. The number of halogens is 1. The Hall–Kier alpha value is -2.96. The van der Waals surface area contributed by atoms with Crippen LogP contribution in [0.4, 0.5) is 0 Å². The third-order valence-corrected chi connectivity index (χ3v) is 4.92. The highest BCUT2D eigenvalue weighted by Gasteiger charge is 2.14. The average molecular weight is 392 g/mol. The summed E-state index contributed by atoms with van der Waals surface area (Å²) in [5.41, 5.74) is 2.19. The molecule has 0 bridgehead atoms. The molecule has 0 fully saturated rings. The predicted molar refractivity (Wildman–Crippen MR) is 116 cm³/mol. The summed E-state index contributed by atoms with van der Waals surface area (Å²) in [4.78, 5) is 0. The maximum Gasteiger partial charge on any atom is 0.180 e. The molecule has 3 aromatic carbocycles. The number of hydrogen-bond acceptors (Lipinski definition) is 3. The lowest BCUT2D eigenvalue weighted by molar-refractivity contribution is 0.208. The van der Waals surface area contributed by atoms with E-state index >= 15 is 0 Å². The van der Waals surface area contributed by atoms with Crippen molar-refractivity contribution in [2.75, 3.05) is 7.11 Å². The van der Waals surface area contributed by atoms with Crippen molar-refractivity contribution in [2.24, 2.45) is 0 Å². The topological polar surface area (TPSA) is 42.2 Å². The molecule has 0 aliphatic carbocycles. The lowest BCUT2D eigenvalue weighted by Gasteiger charge is -2.17. The lowest BCUT2D eigenvalue weighted by atomic mass is 10.00. The van der Waals surface area contributed by atoms with Crippen LogP contribution >= 0.6 is 11.6 Å². The normalized spacial score (nSPS) is 12.5. The Morgan fingerprint density at radius 3 is 2.57 bits per heavy atom. The predicted octanol–water partition coefficient (Wildman–Crippen LogP) is 6.74. The molecule has 3 aromatic rings. The number of nitrogens with zero attached hydrogens (tertiary/aromatic N) is 1. The van der Waals surface area contributed by atoms with Crippen LogP contribution in [0.25, 0.3) is 22.4 Å². The summed E-state index contributed by atoms with van der Waals surface area (Å²) in [7, 11) is 1.58. The molecule has 0 saturated carbocycles. The number of allylic oxidation sites excluding steroid dienone is 1. The molecule has 0 saturated heterocycles. The number of rotatable bonds is 6.